The van der Waals surface area contributed by atoms with Crippen LogP contribution >= 0.6 is 39.1 Å². The van der Waals surface area contributed by atoms with Gasteiger partial charge in [-0.15, -0.1) is 0 Å². The highest BCUT2D eigenvalue weighted by molar-refractivity contribution is 9.10. The van der Waals surface area contributed by atoms with E-state index in [1.807, 2.05) is 0 Å². The van der Waals surface area contributed by atoms with Crippen LogP contribution in [-0.2, 0) is 14.4 Å². The topological polar surface area (TPSA) is 105 Å². The number of benzene rings is 3. The lowest BCUT2D eigenvalue weighted by Gasteiger charge is -2.26. The minimum Gasteiger partial charge on any atom is -0.483 e. The summed E-state index contributed by atoms with van der Waals surface area (Å²) in [4.78, 5) is 51.1. The Labute approximate surface area is 228 Å². The fraction of sp³-hybridized carbons (Fsp3) is 0.0400. The number of ether oxygens (including phenoxy) is 1. The van der Waals surface area contributed by atoms with Crippen LogP contribution in [0.15, 0.2) is 70.7 Å². The van der Waals surface area contributed by atoms with Crippen molar-refractivity contribution in [3.05, 3.63) is 92.1 Å². The molecule has 0 atom stereocenters. The van der Waals surface area contributed by atoms with Gasteiger partial charge in [-0.25, -0.2) is 14.1 Å². The van der Waals surface area contributed by atoms with Crippen molar-refractivity contribution in [3.8, 4) is 5.75 Å². The normalized spacial score (nSPS) is 14.5. The number of nitrogens with one attached hydrogen (secondary N) is 2. The molecule has 37 heavy (non-hydrogen) atoms. The van der Waals surface area contributed by atoms with Crippen LogP contribution < -0.4 is 20.3 Å². The van der Waals surface area contributed by atoms with Gasteiger partial charge < -0.3 is 10.1 Å². The number of nitrogens with zero attached hydrogens (tertiary/aromatic N) is 1. The van der Waals surface area contributed by atoms with Crippen molar-refractivity contribution in [3.63, 3.8) is 0 Å². The number of carbonyl (C=O) groups is 4. The van der Waals surface area contributed by atoms with E-state index in [1.165, 1.54) is 36.4 Å². The van der Waals surface area contributed by atoms with Crippen LogP contribution in [0.1, 0.15) is 5.56 Å². The number of anilines is 2. The number of amides is 5. The summed E-state index contributed by atoms with van der Waals surface area (Å²) in [6, 6.07) is 13.0. The highest BCUT2D eigenvalue weighted by atomic mass is 79.9. The summed E-state index contributed by atoms with van der Waals surface area (Å²) >= 11 is 15.2. The second-order valence-electron chi connectivity index (χ2n) is 7.58. The quantitative estimate of drug-likeness (QED) is 0.282. The van der Waals surface area contributed by atoms with Crippen molar-refractivity contribution < 1.29 is 28.3 Å². The van der Waals surface area contributed by atoms with Crippen LogP contribution in [0.4, 0.5) is 20.6 Å². The maximum Gasteiger partial charge on any atom is 0.335 e. The van der Waals surface area contributed by atoms with E-state index in [2.05, 4.69) is 26.6 Å². The summed E-state index contributed by atoms with van der Waals surface area (Å²) in [5.74, 6) is -2.70. The Balaban J connectivity index is 1.57. The van der Waals surface area contributed by atoms with Crippen LogP contribution in [0.3, 0.4) is 0 Å². The second kappa shape index (κ2) is 11.1. The van der Waals surface area contributed by atoms with Crippen LogP contribution in [0, 0.1) is 5.82 Å². The summed E-state index contributed by atoms with van der Waals surface area (Å²) in [6.07, 6.45) is 1.23. The maximum absolute atomic E-state index is 13.3. The standard InChI is InChI=1S/C25H15BrCl2FN3O5/c26-14-1-8-21(37-12-22(33)30-16-4-7-19(27)20(28)11-16)13(9-14)10-18-23(34)31-25(36)32(24(18)35)17-5-2-15(29)3-6-17/h1-11H,12H2,(H,30,33)(H,31,34,36)/b18-10+. The Morgan fingerprint density at radius 2 is 1.76 bits per heavy atom. The van der Waals surface area contributed by atoms with Gasteiger partial charge in [-0.2, -0.15) is 0 Å². The zero-order chi connectivity index (χ0) is 26.7. The molecule has 188 valence electrons. The van der Waals surface area contributed by atoms with Gasteiger partial charge in [-0.1, -0.05) is 39.1 Å². The van der Waals surface area contributed by atoms with Gasteiger partial charge in [-0.3, -0.25) is 19.7 Å². The van der Waals surface area contributed by atoms with Gasteiger partial charge in [0.25, 0.3) is 17.7 Å². The third-order valence-corrected chi connectivity index (χ3v) is 6.25. The first-order chi connectivity index (χ1) is 17.6. The molecule has 8 nitrogen and oxygen atoms in total. The van der Waals surface area contributed by atoms with Crippen LogP contribution in [-0.4, -0.2) is 30.4 Å². The van der Waals surface area contributed by atoms with Crippen molar-refractivity contribution in [1.82, 2.24) is 5.32 Å². The highest BCUT2D eigenvalue weighted by Crippen LogP contribution is 2.29. The lowest BCUT2D eigenvalue weighted by Crippen LogP contribution is -2.54. The first kappa shape index (κ1) is 26.3. The van der Waals surface area contributed by atoms with Gasteiger partial charge in [0.05, 0.1) is 15.7 Å². The van der Waals surface area contributed by atoms with Gasteiger partial charge >= 0.3 is 6.03 Å². The molecule has 0 bridgehead atoms. The average Bonchev–Trinajstić information content (AvgIpc) is 2.84. The van der Waals surface area contributed by atoms with Gasteiger partial charge in [0.1, 0.15) is 17.1 Å². The van der Waals surface area contributed by atoms with E-state index >= 15 is 0 Å². The summed E-state index contributed by atoms with van der Waals surface area (Å²) < 4.78 is 19.5. The number of hydrogen-bond donors (Lipinski definition) is 2. The molecule has 2 N–H and O–H groups in total. The fourth-order valence-corrected chi connectivity index (χ4v) is 3.99. The number of imide groups is 2. The molecule has 1 aliphatic heterocycles. The first-order valence-corrected chi connectivity index (χ1v) is 12.0. The monoisotopic (exact) mass is 605 g/mol. The fourth-order valence-electron chi connectivity index (χ4n) is 3.32. The van der Waals surface area contributed by atoms with Crippen LogP contribution in [0.2, 0.25) is 10.0 Å². The number of barbiturate groups is 1. The minimum absolute atomic E-state index is 0.0759. The lowest BCUT2D eigenvalue weighted by atomic mass is 10.1. The van der Waals surface area contributed by atoms with Gasteiger partial charge in [-0.05, 0) is 66.7 Å². The Hall–Kier alpha value is -3.73. The highest BCUT2D eigenvalue weighted by Gasteiger charge is 2.37. The largest absolute Gasteiger partial charge is 0.483 e. The van der Waals surface area contributed by atoms with E-state index in [0.717, 1.165) is 17.0 Å². The van der Waals surface area contributed by atoms with Gasteiger partial charge in [0, 0.05) is 15.7 Å². The molecule has 1 fully saturated rings. The number of hydrogen-bond acceptors (Lipinski definition) is 5. The molecule has 0 aromatic heterocycles. The van der Waals surface area contributed by atoms with E-state index in [9.17, 15) is 23.6 Å². The molecule has 3 aromatic carbocycles. The van der Waals surface area contributed by atoms with Crippen molar-refractivity contribution >= 4 is 80.3 Å². The Bertz CT molecular complexity index is 1460. The third-order valence-electron chi connectivity index (χ3n) is 5.02. The zero-order valence-corrected chi connectivity index (χ0v) is 21.7. The first-order valence-electron chi connectivity index (χ1n) is 10.5. The average molecular weight is 607 g/mol. The zero-order valence-electron chi connectivity index (χ0n) is 18.6. The predicted molar refractivity (Wildman–Crippen MR) is 140 cm³/mol. The van der Waals surface area contributed by atoms with Crippen LogP contribution in [0.25, 0.3) is 6.08 Å². The summed E-state index contributed by atoms with van der Waals surface area (Å²) in [5.41, 5.74) is 0.402. The number of rotatable bonds is 6. The number of urea groups is 1. The van der Waals surface area contributed by atoms with Crippen molar-refractivity contribution in [2.45, 2.75) is 0 Å². The molecule has 5 amide bonds. The van der Waals surface area contributed by atoms with Crippen molar-refractivity contribution in [2.75, 3.05) is 16.8 Å². The molecular formula is C25H15BrCl2FN3O5. The van der Waals surface area contributed by atoms with Crippen molar-refractivity contribution in [2.24, 2.45) is 0 Å². The van der Waals surface area contributed by atoms with Crippen molar-refractivity contribution in [1.29, 1.82) is 0 Å². The smallest absolute Gasteiger partial charge is 0.335 e. The second-order valence-corrected chi connectivity index (χ2v) is 9.31. The lowest BCUT2D eigenvalue weighted by molar-refractivity contribution is -0.122. The van der Waals surface area contributed by atoms with E-state index in [4.69, 9.17) is 27.9 Å². The van der Waals surface area contributed by atoms with E-state index in [0.29, 0.717) is 15.2 Å². The van der Waals surface area contributed by atoms with Crippen LogP contribution in [0.5, 0.6) is 5.75 Å². The molecule has 4 rings (SSSR count). The predicted octanol–water partition coefficient (Wildman–Crippen LogP) is 5.58. The van der Waals surface area contributed by atoms with E-state index in [-0.39, 0.29) is 27.6 Å². The molecule has 0 spiro atoms. The summed E-state index contributed by atoms with van der Waals surface area (Å²) in [6.45, 7) is -0.404. The third kappa shape index (κ3) is 6.16. The van der Waals surface area contributed by atoms with Gasteiger partial charge in [0.15, 0.2) is 6.61 Å². The minimum atomic E-state index is -0.969. The molecule has 1 heterocycles. The maximum atomic E-state index is 13.3. The molecule has 0 aliphatic carbocycles. The SMILES string of the molecule is O=C(COc1ccc(Br)cc1/C=C1\C(=O)NC(=O)N(c2ccc(F)cc2)C1=O)Nc1ccc(Cl)c(Cl)c1. The number of halogens is 4. The molecule has 0 saturated carbocycles. The molecule has 12 heteroatoms. The molecule has 0 unspecified atom stereocenters. The molecule has 1 saturated heterocycles. The van der Waals surface area contributed by atoms with E-state index in [1.54, 1.807) is 18.2 Å². The Morgan fingerprint density at radius 1 is 1.03 bits per heavy atom. The summed E-state index contributed by atoms with van der Waals surface area (Å²) in [7, 11) is 0. The molecule has 0 radical (unpaired) electrons. The molecule has 3 aromatic rings. The van der Waals surface area contributed by atoms with E-state index < -0.39 is 36.2 Å². The Kier molecular flexibility index (Phi) is 7.91. The Morgan fingerprint density at radius 3 is 2.46 bits per heavy atom. The summed E-state index contributed by atoms with van der Waals surface area (Å²) in [5, 5.41) is 5.32. The molecular weight excluding hydrogens is 592 g/mol. The molecule has 1 aliphatic rings. The van der Waals surface area contributed by atoms with Gasteiger partial charge in [0.2, 0.25) is 0 Å². The number of carbonyl (C=O) groups excluding carboxylic acids is 4.